The Morgan fingerprint density at radius 2 is 1.92 bits per heavy atom. The van der Waals surface area contributed by atoms with Crippen LogP contribution >= 0.6 is 0 Å². The maximum Gasteiger partial charge on any atom is 0.338 e. The predicted molar refractivity (Wildman–Crippen MR) is 103 cm³/mol. The average Bonchev–Trinajstić information content (AvgIpc) is 3.13. The fourth-order valence-electron chi connectivity index (χ4n) is 4.41. The lowest BCUT2D eigenvalue weighted by Crippen LogP contribution is -2.37. The Morgan fingerprint density at radius 1 is 1.27 bits per heavy atom. The minimum atomic E-state index is -0.441. The van der Waals surface area contributed by atoms with Gasteiger partial charge >= 0.3 is 5.97 Å². The number of ether oxygens (including phenoxy) is 1. The van der Waals surface area contributed by atoms with Gasteiger partial charge in [0.2, 0.25) is 5.91 Å². The van der Waals surface area contributed by atoms with Crippen LogP contribution in [-0.4, -0.2) is 18.5 Å². The zero-order chi connectivity index (χ0) is 19.1. The molecule has 3 rings (SSSR count). The van der Waals surface area contributed by atoms with Crippen molar-refractivity contribution in [3.05, 3.63) is 42.0 Å². The van der Waals surface area contributed by atoms with Crippen molar-refractivity contribution in [2.45, 2.75) is 47.0 Å². The molecule has 4 nitrogen and oxygen atoms in total. The molecule has 2 aliphatic rings. The lowest BCUT2D eigenvalue weighted by Gasteiger charge is -2.37. The van der Waals surface area contributed by atoms with E-state index in [-0.39, 0.29) is 17.3 Å². The second-order valence-electron chi connectivity index (χ2n) is 8.75. The predicted octanol–water partition coefficient (Wildman–Crippen LogP) is 4.82. The summed E-state index contributed by atoms with van der Waals surface area (Å²) >= 11 is 0. The summed E-state index contributed by atoms with van der Waals surface area (Å²) in [6, 6.07) is 6.91. The molecule has 2 bridgehead atoms. The Morgan fingerprint density at radius 3 is 2.46 bits per heavy atom. The molecule has 0 aliphatic heterocycles. The molecule has 26 heavy (non-hydrogen) atoms. The topological polar surface area (TPSA) is 55.4 Å². The van der Waals surface area contributed by atoms with Crippen molar-refractivity contribution in [3.63, 3.8) is 0 Å². The maximum absolute atomic E-state index is 13.0. The van der Waals surface area contributed by atoms with E-state index >= 15 is 0 Å². The molecule has 2 aliphatic carbocycles. The zero-order valence-corrected chi connectivity index (χ0v) is 16.2. The summed E-state index contributed by atoms with van der Waals surface area (Å²) in [5, 5.41) is 3.03. The number of hydrogen-bond acceptors (Lipinski definition) is 3. The van der Waals surface area contributed by atoms with Gasteiger partial charge in [0.05, 0.1) is 17.6 Å². The summed E-state index contributed by atoms with van der Waals surface area (Å²) in [5.41, 5.74) is 1.84. The van der Waals surface area contributed by atoms with E-state index in [0.29, 0.717) is 29.7 Å². The lowest BCUT2D eigenvalue weighted by atomic mass is 9.68. The Balaban J connectivity index is 1.67. The Labute approximate surface area is 156 Å². The highest BCUT2D eigenvalue weighted by Crippen LogP contribution is 2.65. The molecule has 1 N–H and O–H groups in total. The largest absolute Gasteiger partial charge is 0.462 e. The molecule has 2 fully saturated rings. The number of carbonyl (C=O) groups is 2. The molecule has 1 aromatic carbocycles. The fraction of sp³-hybridized carbons (Fsp3) is 0.545. The van der Waals surface area contributed by atoms with Crippen molar-refractivity contribution in [1.82, 2.24) is 0 Å². The number of hydrogen-bond donors (Lipinski definition) is 1. The van der Waals surface area contributed by atoms with Crippen LogP contribution in [-0.2, 0) is 9.53 Å². The SMILES string of the molecule is C=C1C(C)(C)[C@@H]2CC[C@]1(C(=O)Nc1ccc(C(=O)OCC(C)C)cc1)C2. The Bertz CT molecular complexity index is 732. The van der Waals surface area contributed by atoms with Crippen LogP contribution in [0.4, 0.5) is 5.69 Å². The quantitative estimate of drug-likeness (QED) is 0.608. The molecular formula is C22H29NO3. The van der Waals surface area contributed by atoms with Crippen LogP contribution in [0.15, 0.2) is 36.4 Å². The summed E-state index contributed by atoms with van der Waals surface area (Å²) in [4.78, 5) is 25.0. The molecule has 0 saturated heterocycles. The Hall–Kier alpha value is -2.10. The molecular weight excluding hydrogens is 326 g/mol. The summed E-state index contributed by atoms with van der Waals surface area (Å²) in [7, 11) is 0. The molecule has 140 valence electrons. The van der Waals surface area contributed by atoms with Gasteiger partial charge in [-0.2, -0.15) is 0 Å². The monoisotopic (exact) mass is 355 g/mol. The fourth-order valence-corrected chi connectivity index (χ4v) is 4.41. The number of nitrogens with one attached hydrogen (secondary N) is 1. The van der Waals surface area contributed by atoms with Gasteiger partial charge in [-0.1, -0.05) is 39.8 Å². The van der Waals surface area contributed by atoms with Crippen molar-refractivity contribution >= 4 is 17.6 Å². The molecule has 2 saturated carbocycles. The first kappa shape index (κ1) is 18.7. The second kappa shape index (κ2) is 6.57. The summed E-state index contributed by atoms with van der Waals surface area (Å²) < 4.78 is 5.23. The number of amides is 1. The Kier molecular flexibility index (Phi) is 4.72. The van der Waals surface area contributed by atoms with Crippen LogP contribution in [0.3, 0.4) is 0 Å². The standard InChI is InChI=1S/C22H29NO3/c1-14(2)13-26-19(24)16-6-8-18(9-7-16)23-20(25)22-11-10-17(12-22)21(4,5)15(22)3/h6-9,14,17H,3,10-13H2,1-2,4-5H3,(H,23,25)/t17-,22+/m1/s1. The first-order valence-corrected chi connectivity index (χ1v) is 9.45. The second-order valence-corrected chi connectivity index (χ2v) is 8.75. The smallest absolute Gasteiger partial charge is 0.338 e. The van der Waals surface area contributed by atoms with Crippen LogP contribution in [0, 0.1) is 22.7 Å². The normalized spacial score (nSPS) is 26.2. The van der Waals surface area contributed by atoms with Gasteiger partial charge in [0.25, 0.3) is 0 Å². The number of esters is 1. The van der Waals surface area contributed by atoms with Gasteiger partial charge in [0, 0.05) is 5.69 Å². The van der Waals surface area contributed by atoms with Crippen LogP contribution in [0.1, 0.15) is 57.3 Å². The van der Waals surface area contributed by atoms with Gasteiger partial charge in [-0.25, -0.2) is 4.79 Å². The van der Waals surface area contributed by atoms with E-state index in [0.717, 1.165) is 24.8 Å². The van der Waals surface area contributed by atoms with Crippen LogP contribution < -0.4 is 5.32 Å². The molecule has 1 amide bonds. The van der Waals surface area contributed by atoms with E-state index in [2.05, 4.69) is 25.7 Å². The molecule has 1 aromatic rings. The van der Waals surface area contributed by atoms with Gasteiger partial charge < -0.3 is 10.1 Å². The van der Waals surface area contributed by atoms with Gasteiger partial charge in [-0.05, 0) is 60.8 Å². The van der Waals surface area contributed by atoms with Gasteiger partial charge in [0.15, 0.2) is 0 Å². The highest BCUT2D eigenvalue weighted by atomic mass is 16.5. The van der Waals surface area contributed by atoms with Crippen molar-refractivity contribution in [2.75, 3.05) is 11.9 Å². The summed E-state index contributed by atoms with van der Waals surface area (Å²) in [6.07, 6.45) is 2.86. The highest BCUT2D eigenvalue weighted by Gasteiger charge is 2.60. The summed E-state index contributed by atoms with van der Waals surface area (Å²) in [5.74, 6) is 0.542. The zero-order valence-electron chi connectivity index (χ0n) is 16.2. The van der Waals surface area contributed by atoms with Crippen molar-refractivity contribution in [2.24, 2.45) is 22.7 Å². The van der Waals surface area contributed by atoms with Gasteiger partial charge in [-0.15, -0.1) is 0 Å². The van der Waals surface area contributed by atoms with Crippen molar-refractivity contribution in [3.8, 4) is 0 Å². The van der Waals surface area contributed by atoms with E-state index in [4.69, 9.17) is 4.74 Å². The molecule has 0 spiro atoms. The molecule has 0 aromatic heterocycles. The van der Waals surface area contributed by atoms with Crippen LogP contribution in [0.2, 0.25) is 0 Å². The molecule has 0 radical (unpaired) electrons. The van der Waals surface area contributed by atoms with Gasteiger partial charge in [0.1, 0.15) is 0 Å². The number of rotatable bonds is 5. The first-order valence-electron chi connectivity index (χ1n) is 9.45. The molecule has 4 heteroatoms. The molecule has 0 heterocycles. The minimum Gasteiger partial charge on any atom is -0.462 e. The van der Waals surface area contributed by atoms with Crippen LogP contribution in [0.5, 0.6) is 0 Å². The average molecular weight is 355 g/mol. The van der Waals surface area contributed by atoms with Gasteiger partial charge in [-0.3, -0.25) is 4.79 Å². The molecule has 2 atom stereocenters. The maximum atomic E-state index is 13.0. The van der Waals surface area contributed by atoms with E-state index in [1.807, 2.05) is 13.8 Å². The van der Waals surface area contributed by atoms with E-state index in [1.54, 1.807) is 24.3 Å². The van der Waals surface area contributed by atoms with E-state index < -0.39 is 5.41 Å². The van der Waals surface area contributed by atoms with Crippen molar-refractivity contribution in [1.29, 1.82) is 0 Å². The number of fused-ring (bicyclic) bond motifs is 2. The lowest BCUT2D eigenvalue weighted by molar-refractivity contribution is -0.123. The number of carbonyl (C=O) groups excluding carboxylic acids is 2. The third-order valence-electron chi connectivity index (χ3n) is 6.25. The summed E-state index contributed by atoms with van der Waals surface area (Å²) in [6.45, 7) is 13.1. The third kappa shape index (κ3) is 3.06. The van der Waals surface area contributed by atoms with E-state index in [9.17, 15) is 9.59 Å². The number of benzene rings is 1. The highest BCUT2D eigenvalue weighted by molar-refractivity contribution is 5.99. The number of anilines is 1. The molecule has 0 unspecified atom stereocenters. The first-order chi connectivity index (χ1) is 12.2. The third-order valence-corrected chi connectivity index (χ3v) is 6.25. The minimum absolute atomic E-state index is 0.0274. The van der Waals surface area contributed by atoms with Crippen molar-refractivity contribution < 1.29 is 14.3 Å². The van der Waals surface area contributed by atoms with Crippen LogP contribution in [0.25, 0.3) is 0 Å². The van der Waals surface area contributed by atoms with E-state index in [1.165, 1.54) is 0 Å².